The number of amides is 1. The smallest absolute Gasteiger partial charge is 0.245 e. The highest BCUT2D eigenvalue weighted by Crippen LogP contribution is 2.32. The Labute approximate surface area is 128 Å². The zero-order valence-corrected chi connectivity index (χ0v) is 13.3. The molecule has 1 fully saturated rings. The second-order valence-electron chi connectivity index (χ2n) is 5.20. The summed E-state index contributed by atoms with van der Waals surface area (Å²) in [5.74, 6) is 1.13. The number of likely N-dealkylation sites (N-methyl/N-ethyl adjacent to an activating group) is 1. The molecule has 21 heavy (non-hydrogen) atoms. The van der Waals surface area contributed by atoms with Crippen LogP contribution in [0.3, 0.4) is 0 Å². The Balaban J connectivity index is 1.94. The molecule has 3 rings (SSSR count). The van der Waals surface area contributed by atoms with Crippen molar-refractivity contribution >= 4 is 33.3 Å². The molecule has 5 nitrogen and oxygen atoms in total. The van der Waals surface area contributed by atoms with Crippen molar-refractivity contribution in [2.24, 2.45) is 0 Å². The van der Waals surface area contributed by atoms with Crippen molar-refractivity contribution in [3.63, 3.8) is 0 Å². The first-order valence-electron chi connectivity index (χ1n) is 7.49. The number of rotatable bonds is 4. The van der Waals surface area contributed by atoms with E-state index in [9.17, 15) is 4.79 Å². The number of hydrogen-bond donors (Lipinski definition) is 0. The molecule has 1 amide bonds. The van der Waals surface area contributed by atoms with Crippen LogP contribution < -0.4 is 4.90 Å². The van der Waals surface area contributed by atoms with Crippen molar-refractivity contribution in [1.29, 1.82) is 0 Å². The van der Waals surface area contributed by atoms with E-state index in [0.717, 1.165) is 48.5 Å². The van der Waals surface area contributed by atoms with E-state index in [-0.39, 0.29) is 11.9 Å². The zero-order valence-electron chi connectivity index (χ0n) is 12.5. The number of aromatic nitrogens is 2. The quantitative estimate of drug-likeness (QED) is 0.871. The van der Waals surface area contributed by atoms with Gasteiger partial charge in [-0.05, 0) is 38.1 Å². The monoisotopic (exact) mass is 304 g/mol. The molecule has 0 bridgehead atoms. The van der Waals surface area contributed by atoms with E-state index in [1.807, 2.05) is 30.2 Å². The van der Waals surface area contributed by atoms with Crippen molar-refractivity contribution in [2.75, 3.05) is 24.5 Å². The molecule has 0 aliphatic carbocycles. The Morgan fingerprint density at radius 3 is 3.00 bits per heavy atom. The number of hydrogen-bond acceptors (Lipinski definition) is 5. The molecular weight excluding hydrogens is 284 g/mol. The third-order valence-electron chi connectivity index (χ3n) is 4.13. The highest BCUT2D eigenvalue weighted by Gasteiger charge is 2.34. The molecule has 1 atom stereocenters. The Kier molecular flexibility index (Phi) is 4.05. The predicted molar refractivity (Wildman–Crippen MR) is 85.7 cm³/mol. The normalized spacial score (nSPS) is 18.4. The average Bonchev–Trinajstić information content (AvgIpc) is 3.16. The Morgan fingerprint density at radius 1 is 1.43 bits per heavy atom. The van der Waals surface area contributed by atoms with Crippen LogP contribution in [0.1, 0.15) is 26.7 Å². The molecule has 0 saturated carbocycles. The van der Waals surface area contributed by atoms with Gasteiger partial charge in [-0.15, -0.1) is 11.3 Å². The molecule has 1 aliphatic heterocycles. The van der Waals surface area contributed by atoms with Gasteiger partial charge in [-0.1, -0.05) is 0 Å². The maximum absolute atomic E-state index is 12.7. The van der Waals surface area contributed by atoms with Gasteiger partial charge in [-0.3, -0.25) is 4.79 Å². The molecule has 2 aromatic rings. The van der Waals surface area contributed by atoms with Crippen molar-refractivity contribution < 1.29 is 4.79 Å². The molecule has 1 saturated heterocycles. The van der Waals surface area contributed by atoms with Gasteiger partial charge in [-0.25, -0.2) is 9.97 Å². The molecule has 112 valence electrons. The highest BCUT2D eigenvalue weighted by molar-refractivity contribution is 7.16. The molecule has 3 heterocycles. The molecule has 0 unspecified atom stereocenters. The van der Waals surface area contributed by atoms with Crippen LogP contribution in [0, 0.1) is 0 Å². The van der Waals surface area contributed by atoms with Gasteiger partial charge in [0.1, 0.15) is 23.0 Å². The van der Waals surface area contributed by atoms with E-state index in [0.29, 0.717) is 0 Å². The minimum absolute atomic E-state index is 0.0806. The van der Waals surface area contributed by atoms with Gasteiger partial charge in [-0.2, -0.15) is 0 Å². The van der Waals surface area contributed by atoms with Gasteiger partial charge < -0.3 is 9.80 Å². The average molecular weight is 304 g/mol. The number of carbonyl (C=O) groups excluding carboxylic acids is 1. The van der Waals surface area contributed by atoms with Crippen LogP contribution in [-0.4, -0.2) is 46.5 Å². The van der Waals surface area contributed by atoms with E-state index in [1.54, 1.807) is 17.7 Å². The number of anilines is 1. The van der Waals surface area contributed by atoms with Crippen molar-refractivity contribution in [1.82, 2.24) is 14.9 Å². The Bertz CT molecular complexity index is 637. The van der Waals surface area contributed by atoms with Gasteiger partial charge in [0.05, 0.1) is 5.39 Å². The largest absolute Gasteiger partial charge is 0.344 e. The van der Waals surface area contributed by atoms with E-state index in [4.69, 9.17) is 0 Å². The predicted octanol–water partition coefficient (Wildman–Crippen LogP) is 2.53. The summed E-state index contributed by atoms with van der Waals surface area (Å²) >= 11 is 1.61. The lowest BCUT2D eigenvalue weighted by Crippen LogP contribution is -2.46. The van der Waals surface area contributed by atoms with Gasteiger partial charge in [0.15, 0.2) is 0 Å². The van der Waals surface area contributed by atoms with Crippen LogP contribution in [0.15, 0.2) is 17.8 Å². The van der Waals surface area contributed by atoms with Crippen molar-refractivity contribution in [3.8, 4) is 0 Å². The van der Waals surface area contributed by atoms with E-state index < -0.39 is 0 Å². The number of thiophene rings is 1. The maximum Gasteiger partial charge on any atom is 0.245 e. The standard InChI is InChI=1S/C15H20N4OS/c1-3-18(4-2)15(20)12-6-5-8-19(12)13-11-7-9-21-14(11)17-10-16-13/h7,9-10,12H,3-6,8H2,1-2H3/t12-/m1/s1. The first kappa shape index (κ1) is 14.3. The Morgan fingerprint density at radius 2 is 2.24 bits per heavy atom. The third kappa shape index (κ3) is 2.48. The number of nitrogens with zero attached hydrogens (tertiary/aromatic N) is 4. The summed E-state index contributed by atoms with van der Waals surface area (Å²) in [4.78, 5) is 26.5. The fourth-order valence-electron chi connectivity index (χ4n) is 3.03. The van der Waals surface area contributed by atoms with E-state index in [2.05, 4.69) is 14.9 Å². The summed E-state index contributed by atoms with van der Waals surface area (Å²) in [5, 5.41) is 3.09. The summed E-state index contributed by atoms with van der Waals surface area (Å²) in [5.41, 5.74) is 0. The highest BCUT2D eigenvalue weighted by atomic mass is 32.1. The summed E-state index contributed by atoms with van der Waals surface area (Å²) in [6.07, 6.45) is 3.55. The molecule has 0 aromatic carbocycles. The van der Waals surface area contributed by atoms with Crippen LogP contribution in [0.25, 0.3) is 10.2 Å². The number of fused-ring (bicyclic) bond motifs is 1. The Hall–Kier alpha value is -1.69. The summed E-state index contributed by atoms with van der Waals surface area (Å²) in [6.45, 7) is 6.47. The van der Waals surface area contributed by atoms with E-state index in [1.165, 1.54) is 0 Å². The second kappa shape index (κ2) is 5.97. The summed E-state index contributed by atoms with van der Waals surface area (Å²) < 4.78 is 0. The van der Waals surface area contributed by atoms with Crippen LogP contribution in [0.2, 0.25) is 0 Å². The van der Waals surface area contributed by atoms with Crippen LogP contribution in [-0.2, 0) is 4.79 Å². The van der Waals surface area contributed by atoms with Crippen LogP contribution in [0.5, 0.6) is 0 Å². The fourth-order valence-corrected chi connectivity index (χ4v) is 3.76. The second-order valence-corrected chi connectivity index (χ2v) is 6.09. The number of carbonyl (C=O) groups is 1. The summed E-state index contributed by atoms with van der Waals surface area (Å²) in [7, 11) is 0. The molecule has 0 spiro atoms. The molecule has 6 heteroatoms. The van der Waals surface area contributed by atoms with Crippen LogP contribution >= 0.6 is 11.3 Å². The molecule has 2 aromatic heterocycles. The molecule has 0 N–H and O–H groups in total. The minimum Gasteiger partial charge on any atom is -0.344 e. The SMILES string of the molecule is CCN(CC)C(=O)[C@H]1CCCN1c1ncnc2sccc12. The summed E-state index contributed by atoms with van der Waals surface area (Å²) in [6, 6.07) is 1.97. The lowest BCUT2D eigenvalue weighted by Gasteiger charge is -2.29. The topological polar surface area (TPSA) is 49.3 Å². The molecule has 0 radical (unpaired) electrons. The fraction of sp³-hybridized carbons (Fsp3) is 0.533. The third-order valence-corrected chi connectivity index (χ3v) is 4.95. The van der Waals surface area contributed by atoms with Crippen molar-refractivity contribution in [2.45, 2.75) is 32.7 Å². The minimum atomic E-state index is -0.0806. The molecular formula is C15H20N4OS. The van der Waals surface area contributed by atoms with Crippen molar-refractivity contribution in [3.05, 3.63) is 17.8 Å². The van der Waals surface area contributed by atoms with Gasteiger partial charge >= 0.3 is 0 Å². The van der Waals surface area contributed by atoms with Gasteiger partial charge in [0.25, 0.3) is 0 Å². The lowest BCUT2D eigenvalue weighted by atomic mass is 10.2. The molecule has 1 aliphatic rings. The van der Waals surface area contributed by atoms with Crippen LogP contribution in [0.4, 0.5) is 5.82 Å². The first-order valence-corrected chi connectivity index (χ1v) is 8.37. The zero-order chi connectivity index (χ0) is 14.8. The van der Waals surface area contributed by atoms with Gasteiger partial charge in [0.2, 0.25) is 5.91 Å². The lowest BCUT2D eigenvalue weighted by molar-refractivity contribution is -0.132. The maximum atomic E-state index is 12.7. The first-order chi connectivity index (χ1) is 10.3. The van der Waals surface area contributed by atoms with Gasteiger partial charge in [0, 0.05) is 19.6 Å². The van der Waals surface area contributed by atoms with E-state index >= 15 is 0 Å².